The van der Waals surface area contributed by atoms with Crippen LogP contribution in [0, 0.1) is 24.1 Å². The summed E-state index contributed by atoms with van der Waals surface area (Å²) >= 11 is 0. The second-order valence-corrected chi connectivity index (χ2v) is 5.85. The number of aromatic nitrogens is 2. The molecule has 3 rings (SSSR count). The molecule has 0 aliphatic carbocycles. The second kappa shape index (κ2) is 8.14. The molecule has 0 bridgehead atoms. The lowest BCUT2D eigenvalue weighted by molar-refractivity contribution is 0.0949. The third-order valence-electron chi connectivity index (χ3n) is 3.94. The van der Waals surface area contributed by atoms with Crippen LogP contribution in [0.15, 0.2) is 53.5 Å². The van der Waals surface area contributed by atoms with Gasteiger partial charge < -0.3 is 15.0 Å². The topological polar surface area (TPSA) is 108 Å². The molecule has 1 amide bonds. The minimum atomic E-state index is -0.551. The number of aryl methyl sites for hydroxylation is 1. The van der Waals surface area contributed by atoms with Crippen LogP contribution in [0.1, 0.15) is 27.2 Å². The van der Waals surface area contributed by atoms with Crippen molar-refractivity contribution in [2.75, 3.05) is 0 Å². The van der Waals surface area contributed by atoms with Crippen molar-refractivity contribution >= 4 is 5.91 Å². The van der Waals surface area contributed by atoms with Gasteiger partial charge in [-0.15, -0.1) is 0 Å². The smallest absolute Gasteiger partial charge is 0.266 e. The van der Waals surface area contributed by atoms with E-state index in [1.54, 1.807) is 37.3 Å². The summed E-state index contributed by atoms with van der Waals surface area (Å²) in [5.74, 6) is -0.838. The highest BCUT2D eigenvalue weighted by atomic mass is 19.1. The van der Waals surface area contributed by atoms with E-state index < -0.39 is 17.3 Å². The van der Waals surface area contributed by atoms with Gasteiger partial charge in [-0.1, -0.05) is 18.2 Å². The van der Waals surface area contributed by atoms with Crippen LogP contribution in [-0.4, -0.2) is 15.9 Å². The SMILES string of the molecule is Cc1[nH]c(=O)c(C#N)cc1C(=O)NCc1cccnc1Oc1ccccc1F. The number of para-hydroxylation sites is 1. The number of nitrogens with one attached hydrogen (secondary N) is 2. The zero-order valence-corrected chi connectivity index (χ0v) is 14.8. The van der Waals surface area contributed by atoms with Crippen LogP contribution in [0.5, 0.6) is 11.6 Å². The highest BCUT2D eigenvalue weighted by Gasteiger charge is 2.15. The minimum absolute atomic E-state index is 0.0175. The van der Waals surface area contributed by atoms with Crippen molar-refractivity contribution in [3.05, 3.63) is 87.2 Å². The van der Waals surface area contributed by atoms with Gasteiger partial charge in [0, 0.05) is 24.0 Å². The minimum Gasteiger partial charge on any atom is -0.436 e. The van der Waals surface area contributed by atoms with E-state index in [1.807, 2.05) is 0 Å². The van der Waals surface area contributed by atoms with E-state index in [9.17, 15) is 14.0 Å². The van der Waals surface area contributed by atoms with Crippen LogP contribution in [0.4, 0.5) is 4.39 Å². The molecule has 8 heteroatoms. The second-order valence-electron chi connectivity index (χ2n) is 5.85. The zero-order valence-electron chi connectivity index (χ0n) is 14.8. The van der Waals surface area contributed by atoms with Crippen molar-refractivity contribution in [2.45, 2.75) is 13.5 Å². The molecule has 0 saturated carbocycles. The number of rotatable bonds is 5. The molecule has 140 valence electrons. The monoisotopic (exact) mass is 378 g/mol. The summed E-state index contributed by atoms with van der Waals surface area (Å²) in [6, 6.07) is 12.2. The number of amides is 1. The summed E-state index contributed by atoms with van der Waals surface area (Å²) in [5.41, 5.74) is 0.346. The molecule has 3 aromatic rings. The fraction of sp³-hybridized carbons (Fsp3) is 0.100. The number of carbonyl (C=O) groups is 1. The average Bonchev–Trinajstić information content (AvgIpc) is 2.69. The quantitative estimate of drug-likeness (QED) is 0.710. The Morgan fingerprint density at radius 1 is 1.32 bits per heavy atom. The summed E-state index contributed by atoms with van der Waals surface area (Å²) in [7, 11) is 0. The van der Waals surface area contributed by atoms with Gasteiger partial charge in [-0.3, -0.25) is 9.59 Å². The molecule has 0 fully saturated rings. The summed E-state index contributed by atoms with van der Waals surface area (Å²) in [6.45, 7) is 1.62. The third-order valence-corrected chi connectivity index (χ3v) is 3.94. The Morgan fingerprint density at radius 3 is 2.86 bits per heavy atom. The van der Waals surface area contributed by atoms with Crippen LogP contribution in [0.3, 0.4) is 0 Å². The predicted molar refractivity (Wildman–Crippen MR) is 98.4 cm³/mol. The molecule has 0 saturated heterocycles. The van der Waals surface area contributed by atoms with Gasteiger partial charge in [0.25, 0.3) is 11.5 Å². The van der Waals surface area contributed by atoms with Crippen molar-refractivity contribution in [1.29, 1.82) is 5.26 Å². The van der Waals surface area contributed by atoms with Crippen LogP contribution in [0.2, 0.25) is 0 Å². The number of halogens is 1. The van der Waals surface area contributed by atoms with Crippen LogP contribution in [-0.2, 0) is 6.54 Å². The maximum absolute atomic E-state index is 13.8. The van der Waals surface area contributed by atoms with E-state index in [0.717, 1.165) is 0 Å². The van der Waals surface area contributed by atoms with E-state index in [0.29, 0.717) is 11.3 Å². The molecule has 0 aliphatic rings. The first-order valence-corrected chi connectivity index (χ1v) is 8.28. The Labute approximate surface area is 159 Å². The molecule has 0 spiro atoms. The van der Waals surface area contributed by atoms with Crippen LogP contribution < -0.4 is 15.6 Å². The van der Waals surface area contributed by atoms with Gasteiger partial charge in [0.15, 0.2) is 11.6 Å². The fourth-order valence-electron chi connectivity index (χ4n) is 2.49. The van der Waals surface area contributed by atoms with E-state index in [-0.39, 0.29) is 29.3 Å². The fourth-order valence-corrected chi connectivity index (χ4v) is 2.49. The molecular formula is C20H15FN4O3. The van der Waals surface area contributed by atoms with E-state index in [2.05, 4.69) is 15.3 Å². The summed E-state index contributed by atoms with van der Waals surface area (Å²) < 4.78 is 19.3. The predicted octanol–water partition coefficient (Wildman–Crippen LogP) is 2.81. The Hall–Kier alpha value is -3.99. The summed E-state index contributed by atoms with van der Waals surface area (Å²) in [4.78, 5) is 30.6. The van der Waals surface area contributed by atoms with Crippen molar-refractivity contribution in [3.63, 3.8) is 0 Å². The van der Waals surface area contributed by atoms with Gasteiger partial charge in [-0.2, -0.15) is 5.26 Å². The van der Waals surface area contributed by atoms with Gasteiger partial charge in [-0.05, 0) is 31.2 Å². The van der Waals surface area contributed by atoms with Gasteiger partial charge in [0.1, 0.15) is 11.6 Å². The number of pyridine rings is 2. The molecule has 0 aliphatic heterocycles. The number of hydrogen-bond acceptors (Lipinski definition) is 5. The molecule has 7 nitrogen and oxygen atoms in total. The highest BCUT2D eigenvalue weighted by molar-refractivity contribution is 5.95. The summed E-state index contributed by atoms with van der Waals surface area (Å²) in [5, 5.41) is 11.6. The molecule has 2 heterocycles. The highest BCUT2D eigenvalue weighted by Crippen LogP contribution is 2.25. The van der Waals surface area contributed by atoms with Gasteiger partial charge in [-0.25, -0.2) is 9.37 Å². The van der Waals surface area contributed by atoms with Gasteiger partial charge in [0.2, 0.25) is 5.88 Å². The lowest BCUT2D eigenvalue weighted by Crippen LogP contribution is -2.26. The van der Waals surface area contributed by atoms with E-state index in [4.69, 9.17) is 10.00 Å². The van der Waals surface area contributed by atoms with E-state index >= 15 is 0 Å². The Bertz CT molecular complexity index is 1130. The Morgan fingerprint density at radius 2 is 2.11 bits per heavy atom. The largest absolute Gasteiger partial charge is 0.436 e. The van der Waals surface area contributed by atoms with Crippen LogP contribution >= 0.6 is 0 Å². The molecule has 2 aromatic heterocycles. The number of benzene rings is 1. The summed E-state index contributed by atoms with van der Waals surface area (Å²) in [6.07, 6.45) is 1.49. The lowest BCUT2D eigenvalue weighted by Gasteiger charge is -2.12. The van der Waals surface area contributed by atoms with Crippen molar-refractivity contribution in [3.8, 4) is 17.7 Å². The number of carbonyl (C=O) groups excluding carboxylic acids is 1. The maximum Gasteiger partial charge on any atom is 0.266 e. The molecule has 0 unspecified atom stereocenters. The molecule has 28 heavy (non-hydrogen) atoms. The Balaban J connectivity index is 1.79. The standard InChI is InChI=1S/C20H15FN4O3/c1-12-15(9-14(10-22)18(26)25-12)19(27)24-11-13-5-4-8-23-20(13)28-17-7-3-2-6-16(17)21/h2-9H,11H2,1H3,(H,24,27)(H,25,26). The number of aromatic amines is 1. The lowest BCUT2D eigenvalue weighted by atomic mass is 10.1. The molecule has 2 N–H and O–H groups in total. The van der Waals surface area contributed by atoms with Gasteiger partial charge in [0.05, 0.1) is 5.56 Å². The van der Waals surface area contributed by atoms with Gasteiger partial charge >= 0.3 is 0 Å². The van der Waals surface area contributed by atoms with Crippen molar-refractivity contribution < 1.29 is 13.9 Å². The normalized spacial score (nSPS) is 10.2. The maximum atomic E-state index is 13.8. The molecule has 0 atom stereocenters. The van der Waals surface area contributed by atoms with E-state index in [1.165, 1.54) is 24.4 Å². The average molecular weight is 378 g/mol. The number of hydrogen-bond donors (Lipinski definition) is 2. The zero-order chi connectivity index (χ0) is 20.1. The third kappa shape index (κ3) is 4.04. The first-order chi connectivity index (χ1) is 13.5. The van der Waals surface area contributed by atoms with Crippen LogP contribution in [0.25, 0.3) is 0 Å². The molecular weight excluding hydrogens is 363 g/mol. The number of H-pyrrole nitrogens is 1. The van der Waals surface area contributed by atoms with Crippen molar-refractivity contribution in [1.82, 2.24) is 15.3 Å². The Kier molecular flexibility index (Phi) is 5.46. The first-order valence-electron chi connectivity index (χ1n) is 8.28. The van der Waals surface area contributed by atoms with Crippen molar-refractivity contribution in [2.24, 2.45) is 0 Å². The molecule has 1 aromatic carbocycles. The number of nitrogens with zero attached hydrogens (tertiary/aromatic N) is 2. The number of nitriles is 1. The molecule has 0 radical (unpaired) electrons. The first kappa shape index (κ1) is 18.8. The number of ether oxygens (including phenoxy) is 1.